The smallest absolute Gasteiger partial charge is 0.324 e. The maximum atomic E-state index is 10.5. The van der Waals surface area contributed by atoms with Gasteiger partial charge in [0.05, 0.1) is 6.04 Å². The van der Waals surface area contributed by atoms with Gasteiger partial charge in [-0.25, -0.2) is 0 Å². The number of Topliss-reactive ketones (excluding diaryl/α,β-unsaturated/α-hetero) is 1. The molecular formula is C6H12N2O3. The van der Waals surface area contributed by atoms with E-state index >= 15 is 0 Å². The first kappa shape index (κ1) is 10.1. The largest absolute Gasteiger partial charge is 0.373 e. The Kier molecular flexibility index (Phi) is 4.40. The van der Waals surface area contributed by atoms with Crippen molar-refractivity contribution in [2.75, 3.05) is 0 Å². The average molecular weight is 160 g/mol. The van der Waals surface area contributed by atoms with Crippen molar-refractivity contribution in [3.63, 3.8) is 0 Å². The highest BCUT2D eigenvalue weighted by Crippen LogP contribution is 1.96. The zero-order valence-electron chi connectivity index (χ0n) is 6.37. The summed E-state index contributed by atoms with van der Waals surface area (Å²) in [5, 5.41) is 0. The molecule has 4 N–H and O–H groups in total. The molecule has 0 amide bonds. The summed E-state index contributed by atoms with van der Waals surface area (Å²) < 4.78 is 0. The van der Waals surface area contributed by atoms with E-state index in [1.165, 1.54) is 6.92 Å². The molecule has 0 rings (SSSR count). The summed E-state index contributed by atoms with van der Waals surface area (Å²) in [5.41, 5.74) is 5.32. The second-order valence-corrected chi connectivity index (χ2v) is 2.25. The predicted molar refractivity (Wildman–Crippen MR) is 38.2 cm³/mol. The molecule has 0 spiro atoms. The van der Waals surface area contributed by atoms with Crippen LogP contribution in [0.2, 0.25) is 0 Å². The Morgan fingerprint density at radius 2 is 2.09 bits per heavy atom. The summed E-state index contributed by atoms with van der Waals surface area (Å²) in [5.74, 6) is 3.86. The lowest BCUT2D eigenvalue weighted by Crippen LogP contribution is -2.29. The van der Waals surface area contributed by atoms with Crippen molar-refractivity contribution >= 4 is 11.8 Å². The molecule has 0 aliphatic heterocycles. The number of ketones is 1. The van der Waals surface area contributed by atoms with Gasteiger partial charge in [0.2, 0.25) is 0 Å². The fraction of sp³-hybridized carbons (Fsp3) is 0.667. The molecule has 0 aromatic rings. The Labute approximate surface area is 64.6 Å². The molecule has 0 aliphatic carbocycles. The van der Waals surface area contributed by atoms with Crippen LogP contribution in [-0.2, 0) is 14.4 Å². The Balaban J connectivity index is 3.54. The average Bonchev–Trinajstić information content (AvgIpc) is 1.99. The van der Waals surface area contributed by atoms with Crippen molar-refractivity contribution in [2.24, 2.45) is 11.6 Å². The molecule has 0 fully saturated rings. The SMILES string of the molecule is CC(=O)C(N)CCC(=O)ON. The van der Waals surface area contributed by atoms with Gasteiger partial charge in [-0.15, -0.1) is 0 Å². The molecule has 64 valence electrons. The van der Waals surface area contributed by atoms with Crippen molar-refractivity contribution < 1.29 is 14.4 Å². The van der Waals surface area contributed by atoms with E-state index < -0.39 is 12.0 Å². The van der Waals surface area contributed by atoms with Gasteiger partial charge in [0.1, 0.15) is 5.78 Å². The molecular weight excluding hydrogens is 148 g/mol. The topological polar surface area (TPSA) is 95.4 Å². The molecule has 0 bridgehead atoms. The first-order valence-electron chi connectivity index (χ1n) is 3.23. The molecule has 0 aromatic carbocycles. The van der Waals surface area contributed by atoms with E-state index in [0.29, 0.717) is 0 Å². The van der Waals surface area contributed by atoms with E-state index in [-0.39, 0.29) is 18.6 Å². The minimum absolute atomic E-state index is 0.0806. The van der Waals surface area contributed by atoms with Gasteiger partial charge in [-0.05, 0) is 13.3 Å². The van der Waals surface area contributed by atoms with E-state index in [1.807, 2.05) is 0 Å². The maximum Gasteiger partial charge on any atom is 0.324 e. The minimum Gasteiger partial charge on any atom is -0.373 e. The highest BCUT2D eigenvalue weighted by Gasteiger charge is 2.10. The number of hydrogen-bond acceptors (Lipinski definition) is 5. The van der Waals surface area contributed by atoms with E-state index in [4.69, 9.17) is 5.73 Å². The Bertz CT molecular complexity index is 158. The van der Waals surface area contributed by atoms with Gasteiger partial charge in [-0.3, -0.25) is 9.59 Å². The fourth-order valence-electron chi connectivity index (χ4n) is 0.536. The Hall–Kier alpha value is -0.940. The molecule has 0 heterocycles. The quantitative estimate of drug-likeness (QED) is 0.519. The summed E-state index contributed by atoms with van der Waals surface area (Å²) >= 11 is 0. The van der Waals surface area contributed by atoms with Crippen LogP contribution >= 0.6 is 0 Å². The van der Waals surface area contributed by atoms with Crippen LogP contribution in [0.5, 0.6) is 0 Å². The Morgan fingerprint density at radius 1 is 1.55 bits per heavy atom. The highest BCUT2D eigenvalue weighted by atomic mass is 16.7. The van der Waals surface area contributed by atoms with Crippen LogP contribution < -0.4 is 11.6 Å². The summed E-state index contributed by atoms with van der Waals surface area (Å²) in [6.07, 6.45) is 0.364. The van der Waals surface area contributed by atoms with Crippen LogP contribution in [0.3, 0.4) is 0 Å². The summed E-state index contributed by atoms with van der Waals surface area (Å²) in [6, 6.07) is -0.589. The predicted octanol–water partition coefficient (Wildman–Crippen LogP) is -0.900. The third-order valence-corrected chi connectivity index (χ3v) is 1.31. The minimum atomic E-state index is -0.589. The van der Waals surface area contributed by atoms with E-state index in [2.05, 4.69) is 10.7 Å². The molecule has 0 saturated carbocycles. The van der Waals surface area contributed by atoms with Gasteiger partial charge in [0, 0.05) is 6.42 Å². The number of carbonyl (C=O) groups excluding carboxylic acids is 2. The van der Waals surface area contributed by atoms with Gasteiger partial charge >= 0.3 is 5.97 Å². The monoisotopic (exact) mass is 160 g/mol. The van der Waals surface area contributed by atoms with E-state index in [1.54, 1.807) is 0 Å². The molecule has 0 radical (unpaired) electrons. The van der Waals surface area contributed by atoms with Gasteiger partial charge in [0.25, 0.3) is 0 Å². The van der Waals surface area contributed by atoms with Gasteiger partial charge in [0.15, 0.2) is 0 Å². The standard InChI is InChI=1S/C6H12N2O3/c1-4(9)5(7)2-3-6(10)11-8/h5H,2-3,7-8H2,1H3. The zero-order chi connectivity index (χ0) is 8.85. The number of nitrogens with two attached hydrogens (primary N) is 2. The molecule has 0 aromatic heterocycles. The normalized spacial score (nSPS) is 12.3. The molecule has 0 aliphatic rings. The van der Waals surface area contributed by atoms with Crippen molar-refractivity contribution in [1.29, 1.82) is 0 Å². The lowest BCUT2D eigenvalue weighted by molar-refractivity contribution is -0.144. The van der Waals surface area contributed by atoms with Crippen LogP contribution in [0.1, 0.15) is 19.8 Å². The number of hydrogen-bond donors (Lipinski definition) is 2. The summed E-state index contributed by atoms with van der Waals surface area (Å²) in [6.45, 7) is 1.37. The van der Waals surface area contributed by atoms with Crippen LogP contribution in [0, 0.1) is 0 Å². The molecule has 5 nitrogen and oxygen atoms in total. The second-order valence-electron chi connectivity index (χ2n) is 2.25. The van der Waals surface area contributed by atoms with Crippen molar-refractivity contribution in [1.82, 2.24) is 0 Å². The first-order chi connectivity index (χ1) is 5.07. The molecule has 11 heavy (non-hydrogen) atoms. The molecule has 0 saturated heterocycles. The van der Waals surface area contributed by atoms with Crippen molar-refractivity contribution in [3.05, 3.63) is 0 Å². The molecule has 1 atom stereocenters. The molecule has 1 unspecified atom stereocenters. The maximum absolute atomic E-state index is 10.5. The molecule has 5 heteroatoms. The highest BCUT2D eigenvalue weighted by molar-refractivity contribution is 5.81. The van der Waals surface area contributed by atoms with E-state index in [0.717, 1.165) is 0 Å². The third-order valence-electron chi connectivity index (χ3n) is 1.31. The second kappa shape index (κ2) is 4.81. The van der Waals surface area contributed by atoms with E-state index in [9.17, 15) is 9.59 Å². The zero-order valence-corrected chi connectivity index (χ0v) is 6.37. The van der Waals surface area contributed by atoms with Crippen LogP contribution in [0.4, 0.5) is 0 Å². The lowest BCUT2D eigenvalue weighted by Gasteiger charge is -2.04. The van der Waals surface area contributed by atoms with Gasteiger partial charge < -0.3 is 10.6 Å². The van der Waals surface area contributed by atoms with Crippen molar-refractivity contribution in [3.8, 4) is 0 Å². The lowest BCUT2D eigenvalue weighted by atomic mass is 10.1. The van der Waals surface area contributed by atoms with Crippen LogP contribution in [0.15, 0.2) is 0 Å². The summed E-state index contributed by atoms with van der Waals surface area (Å²) in [4.78, 5) is 24.8. The van der Waals surface area contributed by atoms with Gasteiger partial charge in [-0.2, -0.15) is 5.90 Å². The van der Waals surface area contributed by atoms with Crippen molar-refractivity contribution in [2.45, 2.75) is 25.8 Å². The number of rotatable bonds is 4. The van der Waals surface area contributed by atoms with Gasteiger partial charge in [-0.1, -0.05) is 0 Å². The third kappa shape index (κ3) is 4.46. The number of carbonyl (C=O) groups is 2. The first-order valence-corrected chi connectivity index (χ1v) is 3.23. The fourth-order valence-corrected chi connectivity index (χ4v) is 0.536. The summed E-state index contributed by atoms with van der Waals surface area (Å²) in [7, 11) is 0. The van der Waals surface area contributed by atoms with Crippen LogP contribution in [0.25, 0.3) is 0 Å². The Morgan fingerprint density at radius 3 is 2.45 bits per heavy atom. The van der Waals surface area contributed by atoms with Crippen LogP contribution in [-0.4, -0.2) is 17.8 Å².